The average Bonchev–Trinajstić information content (AvgIpc) is 2.59. The van der Waals surface area contributed by atoms with Gasteiger partial charge in [-0.2, -0.15) is 0 Å². The highest BCUT2D eigenvalue weighted by Crippen LogP contribution is 2.13. The van der Waals surface area contributed by atoms with E-state index in [-0.39, 0.29) is 11.7 Å². The van der Waals surface area contributed by atoms with E-state index >= 15 is 0 Å². The molecule has 0 fully saturated rings. The molecular formula is C19H29NO3. The van der Waals surface area contributed by atoms with Gasteiger partial charge in [0.25, 0.3) is 0 Å². The first kappa shape index (κ1) is 19.4. The maximum absolute atomic E-state index is 11.9. The predicted octanol–water partition coefficient (Wildman–Crippen LogP) is 4.67. The van der Waals surface area contributed by atoms with Gasteiger partial charge in [0.1, 0.15) is 0 Å². The summed E-state index contributed by atoms with van der Waals surface area (Å²) in [5.41, 5.74) is 2.47. The van der Waals surface area contributed by atoms with E-state index in [1.165, 1.54) is 25.7 Å². The number of rotatable bonds is 13. The Kier molecular flexibility index (Phi) is 10.8. The summed E-state index contributed by atoms with van der Waals surface area (Å²) in [6.07, 6.45) is 11.0. The summed E-state index contributed by atoms with van der Waals surface area (Å²) >= 11 is 0. The van der Waals surface area contributed by atoms with Crippen molar-refractivity contribution in [3.05, 3.63) is 35.9 Å². The van der Waals surface area contributed by atoms with Crippen LogP contribution in [0.3, 0.4) is 0 Å². The van der Waals surface area contributed by atoms with Crippen LogP contribution >= 0.6 is 0 Å². The van der Waals surface area contributed by atoms with Gasteiger partial charge in [-0.3, -0.25) is 14.8 Å². The van der Waals surface area contributed by atoms with E-state index in [4.69, 9.17) is 5.21 Å². The lowest BCUT2D eigenvalue weighted by Gasteiger charge is -2.03. The molecule has 0 aliphatic heterocycles. The van der Waals surface area contributed by atoms with Crippen molar-refractivity contribution >= 4 is 11.7 Å². The fourth-order valence-electron chi connectivity index (χ4n) is 2.63. The Balaban J connectivity index is 1.87. The lowest BCUT2D eigenvalue weighted by Crippen LogP contribution is -2.17. The van der Waals surface area contributed by atoms with Crippen molar-refractivity contribution in [1.29, 1.82) is 0 Å². The van der Waals surface area contributed by atoms with E-state index in [1.54, 1.807) is 5.48 Å². The average molecular weight is 319 g/mol. The molecule has 0 heterocycles. The zero-order chi connectivity index (χ0) is 16.8. The normalized spacial score (nSPS) is 10.5. The van der Waals surface area contributed by atoms with Gasteiger partial charge in [-0.1, -0.05) is 75.3 Å². The predicted molar refractivity (Wildman–Crippen MR) is 91.5 cm³/mol. The van der Waals surface area contributed by atoms with E-state index in [1.807, 2.05) is 30.3 Å². The molecule has 1 aromatic rings. The molecule has 0 unspecified atom stereocenters. The highest BCUT2D eigenvalue weighted by atomic mass is 16.5. The van der Waals surface area contributed by atoms with Crippen molar-refractivity contribution in [2.24, 2.45) is 0 Å². The molecule has 0 aliphatic rings. The number of Topliss-reactive ketones (excluding diaryl/α,β-unsaturated/α-hetero) is 1. The Labute approximate surface area is 139 Å². The van der Waals surface area contributed by atoms with Crippen LogP contribution in [-0.4, -0.2) is 16.9 Å². The topological polar surface area (TPSA) is 66.4 Å². The summed E-state index contributed by atoms with van der Waals surface area (Å²) in [7, 11) is 0. The molecule has 0 saturated carbocycles. The van der Waals surface area contributed by atoms with Gasteiger partial charge in [0, 0.05) is 18.4 Å². The summed E-state index contributed by atoms with van der Waals surface area (Å²) in [4.78, 5) is 22.7. The second kappa shape index (κ2) is 12.8. The van der Waals surface area contributed by atoms with Crippen LogP contribution in [0.4, 0.5) is 0 Å². The third-order valence-electron chi connectivity index (χ3n) is 4.03. The Hall–Kier alpha value is -1.68. The van der Waals surface area contributed by atoms with Gasteiger partial charge in [-0.25, -0.2) is 5.48 Å². The maximum atomic E-state index is 11.9. The van der Waals surface area contributed by atoms with E-state index in [0.717, 1.165) is 37.7 Å². The summed E-state index contributed by atoms with van der Waals surface area (Å²) in [5.74, 6) is -0.0485. The van der Waals surface area contributed by atoms with Gasteiger partial charge in [-0.05, 0) is 12.8 Å². The lowest BCUT2D eigenvalue weighted by atomic mass is 10.0. The molecule has 0 atom stereocenters. The van der Waals surface area contributed by atoms with Crippen molar-refractivity contribution in [1.82, 2.24) is 5.48 Å². The van der Waals surface area contributed by atoms with Gasteiger partial charge in [0.2, 0.25) is 5.91 Å². The minimum atomic E-state index is -0.296. The molecule has 1 amide bonds. The van der Waals surface area contributed by atoms with Crippen molar-refractivity contribution in [2.45, 2.75) is 70.6 Å². The quantitative estimate of drug-likeness (QED) is 0.240. The third kappa shape index (κ3) is 9.84. The summed E-state index contributed by atoms with van der Waals surface area (Å²) in [6, 6.07) is 9.50. The van der Waals surface area contributed by atoms with Gasteiger partial charge in [0.05, 0.1) is 0 Å². The van der Waals surface area contributed by atoms with Crippen molar-refractivity contribution < 1.29 is 14.8 Å². The molecular weight excluding hydrogens is 290 g/mol. The number of amides is 1. The standard InChI is InChI=1S/C19H29NO3/c21-18(17-13-9-8-10-14-17)15-11-6-4-2-1-3-5-7-12-16-19(22)20-23/h8-10,13-14,23H,1-7,11-12,15-16H2,(H,20,22). The first-order valence-electron chi connectivity index (χ1n) is 8.75. The number of benzene rings is 1. The summed E-state index contributed by atoms with van der Waals surface area (Å²) in [6.45, 7) is 0. The number of hydrogen-bond acceptors (Lipinski definition) is 3. The molecule has 0 saturated heterocycles. The molecule has 1 rings (SSSR count). The second-order valence-electron chi connectivity index (χ2n) is 6.01. The SMILES string of the molecule is O=C(CCCCCCCCCCCC(=O)c1ccccc1)NO. The smallest absolute Gasteiger partial charge is 0.243 e. The van der Waals surface area contributed by atoms with Crippen LogP contribution in [0, 0.1) is 0 Å². The number of hydroxylamine groups is 1. The van der Waals surface area contributed by atoms with E-state index < -0.39 is 0 Å². The maximum Gasteiger partial charge on any atom is 0.243 e. The summed E-state index contributed by atoms with van der Waals surface area (Å²) < 4.78 is 0. The monoisotopic (exact) mass is 319 g/mol. The fraction of sp³-hybridized carbons (Fsp3) is 0.579. The molecule has 128 valence electrons. The van der Waals surface area contributed by atoms with Crippen LogP contribution in [-0.2, 0) is 4.79 Å². The molecule has 0 bridgehead atoms. The minimum Gasteiger partial charge on any atom is -0.294 e. The molecule has 0 aromatic heterocycles. The van der Waals surface area contributed by atoms with Crippen molar-refractivity contribution in [2.75, 3.05) is 0 Å². The van der Waals surface area contributed by atoms with Crippen LogP contribution in [0.2, 0.25) is 0 Å². The lowest BCUT2D eigenvalue weighted by molar-refractivity contribution is -0.129. The summed E-state index contributed by atoms with van der Waals surface area (Å²) in [5, 5.41) is 8.36. The molecule has 0 aliphatic carbocycles. The first-order chi connectivity index (χ1) is 11.2. The van der Waals surface area contributed by atoms with E-state index in [2.05, 4.69) is 0 Å². The molecule has 4 heteroatoms. The minimum absolute atomic E-state index is 0.248. The number of carbonyl (C=O) groups excluding carboxylic acids is 2. The Bertz CT molecular complexity index is 445. The van der Waals surface area contributed by atoms with Gasteiger partial charge in [-0.15, -0.1) is 0 Å². The van der Waals surface area contributed by atoms with Crippen LogP contribution in [0.1, 0.15) is 81.0 Å². The second-order valence-corrected chi connectivity index (χ2v) is 6.01. The van der Waals surface area contributed by atoms with E-state index in [9.17, 15) is 9.59 Å². The zero-order valence-corrected chi connectivity index (χ0v) is 13.9. The largest absolute Gasteiger partial charge is 0.294 e. The van der Waals surface area contributed by atoms with Crippen LogP contribution in [0.15, 0.2) is 30.3 Å². The third-order valence-corrected chi connectivity index (χ3v) is 4.03. The van der Waals surface area contributed by atoms with Crippen molar-refractivity contribution in [3.8, 4) is 0 Å². The van der Waals surface area contributed by atoms with Crippen molar-refractivity contribution in [3.63, 3.8) is 0 Å². The molecule has 23 heavy (non-hydrogen) atoms. The fourth-order valence-corrected chi connectivity index (χ4v) is 2.63. The van der Waals surface area contributed by atoms with Gasteiger partial charge < -0.3 is 0 Å². The van der Waals surface area contributed by atoms with Gasteiger partial charge >= 0.3 is 0 Å². The number of carbonyl (C=O) groups is 2. The number of nitrogens with one attached hydrogen (secondary N) is 1. The Morgan fingerprint density at radius 3 is 1.74 bits per heavy atom. The van der Waals surface area contributed by atoms with Crippen LogP contribution < -0.4 is 5.48 Å². The Morgan fingerprint density at radius 1 is 0.739 bits per heavy atom. The molecule has 2 N–H and O–H groups in total. The Morgan fingerprint density at radius 2 is 1.22 bits per heavy atom. The van der Waals surface area contributed by atoms with Crippen LogP contribution in [0.5, 0.6) is 0 Å². The first-order valence-corrected chi connectivity index (χ1v) is 8.75. The van der Waals surface area contributed by atoms with E-state index in [0.29, 0.717) is 12.8 Å². The van der Waals surface area contributed by atoms with Crippen LogP contribution in [0.25, 0.3) is 0 Å². The molecule has 0 spiro atoms. The molecule has 0 radical (unpaired) electrons. The number of ketones is 1. The molecule has 1 aromatic carbocycles. The highest BCUT2D eigenvalue weighted by Gasteiger charge is 2.04. The number of hydrogen-bond donors (Lipinski definition) is 2. The zero-order valence-electron chi connectivity index (χ0n) is 13.9. The molecule has 4 nitrogen and oxygen atoms in total. The number of unbranched alkanes of at least 4 members (excludes halogenated alkanes) is 8. The highest BCUT2D eigenvalue weighted by molar-refractivity contribution is 5.95. The van der Waals surface area contributed by atoms with Gasteiger partial charge in [0.15, 0.2) is 5.78 Å².